The molecule has 2 aromatic rings. The highest BCUT2D eigenvalue weighted by atomic mass is 16.5. The minimum Gasteiger partial charge on any atom is -0.449 e. The van der Waals surface area contributed by atoms with Crippen LogP contribution in [0, 0.1) is 0 Å². The number of nitrogens with one attached hydrogen (secondary N) is 2. The third kappa shape index (κ3) is 6.54. The maximum atomic E-state index is 13.6. The van der Waals surface area contributed by atoms with Gasteiger partial charge in [0.05, 0.1) is 0 Å². The van der Waals surface area contributed by atoms with Crippen LogP contribution in [0.3, 0.4) is 0 Å². The van der Waals surface area contributed by atoms with Crippen molar-refractivity contribution in [2.45, 2.75) is 95.1 Å². The summed E-state index contributed by atoms with van der Waals surface area (Å²) in [5, 5.41) is 13.7. The van der Waals surface area contributed by atoms with Gasteiger partial charge in [-0.15, -0.1) is 11.6 Å². The van der Waals surface area contributed by atoms with E-state index < -0.39 is 11.6 Å². The molecule has 0 spiro atoms. The van der Waals surface area contributed by atoms with Crippen molar-refractivity contribution in [1.82, 2.24) is 5.32 Å². The van der Waals surface area contributed by atoms with E-state index in [9.17, 15) is 14.8 Å². The summed E-state index contributed by atoms with van der Waals surface area (Å²) in [4.78, 5) is 26.7. The summed E-state index contributed by atoms with van der Waals surface area (Å²) in [6.45, 7) is 5.69. The molecular formula is C32H43N2O4+. The van der Waals surface area contributed by atoms with Gasteiger partial charge in [-0.3, -0.25) is 0 Å². The molecule has 2 aromatic carbocycles. The van der Waals surface area contributed by atoms with Crippen LogP contribution in [0.5, 0.6) is 0 Å². The van der Waals surface area contributed by atoms with E-state index in [0.717, 1.165) is 75.3 Å². The minimum atomic E-state index is -1.21. The Kier molecular flexibility index (Phi) is 9.75. The summed E-state index contributed by atoms with van der Waals surface area (Å²) >= 11 is 0. The molecule has 204 valence electrons. The van der Waals surface area contributed by atoms with Crippen molar-refractivity contribution < 1.29 is 24.6 Å². The van der Waals surface area contributed by atoms with E-state index in [0.29, 0.717) is 6.42 Å². The van der Waals surface area contributed by atoms with Crippen molar-refractivity contribution in [1.29, 1.82) is 0 Å². The van der Waals surface area contributed by atoms with Gasteiger partial charge >= 0.3 is 12.0 Å². The topological polar surface area (TPSA) is 80.1 Å². The molecule has 1 fully saturated rings. The molecule has 1 saturated carbocycles. The maximum Gasteiger partial charge on any atom is 0.408 e. The van der Waals surface area contributed by atoms with Gasteiger partial charge in [0, 0.05) is 18.8 Å². The standard InChI is InChI=1S/C32H42N2O4/c1-3-4-5-6-7-15-22-32(2,30(35)34(37)24-16-9-8-10-17-24)33-31(36)38-23-29-27-20-13-11-18-25(27)26-19-12-14-21-28(26)29/h3,11-14,18-21,24,29,37H,1,4-10,15-17,22-23H2,2H3,(H,33,36)/p+1/t32-/m1/s1. The lowest BCUT2D eigenvalue weighted by atomic mass is 9.90. The van der Waals surface area contributed by atoms with Gasteiger partial charge in [-0.1, -0.05) is 80.3 Å². The quantitative estimate of drug-likeness (QED) is 0.140. The third-order valence-electron chi connectivity index (χ3n) is 8.28. The molecule has 2 aliphatic carbocycles. The number of hydrogen-bond donors (Lipinski definition) is 3. The molecule has 0 radical (unpaired) electrons. The molecule has 2 atom stereocenters. The van der Waals surface area contributed by atoms with E-state index in [-0.39, 0.29) is 29.5 Å². The zero-order valence-electron chi connectivity index (χ0n) is 22.7. The Balaban J connectivity index is 1.42. The number of quaternary nitrogens is 1. The molecule has 0 saturated heterocycles. The number of allylic oxidation sites excluding steroid dienone is 1. The molecular weight excluding hydrogens is 476 g/mol. The maximum absolute atomic E-state index is 13.6. The van der Waals surface area contributed by atoms with Crippen LogP contribution >= 0.6 is 0 Å². The molecule has 6 heteroatoms. The second kappa shape index (κ2) is 13.2. The average molecular weight is 520 g/mol. The summed E-state index contributed by atoms with van der Waals surface area (Å²) < 4.78 is 5.77. The summed E-state index contributed by atoms with van der Waals surface area (Å²) in [7, 11) is 0. The number of hydroxylamine groups is 2. The van der Waals surface area contributed by atoms with Crippen LogP contribution < -0.4 is 10.4 Å². The van der Waals surface area contributed by atoms with E-state index in [1.54, 1.807) is 6.92 Å². The Labute approximate surface area is 227 Å². The monoisotopic (exact) mass is 519 g/mol. The second-order valence-electron chi connectivity index (χ2n) is 11.1. The lowest BCUT2D eigenvalue weighted by Gasteiger charge is -2.32. The Morgan fingerprint density at radius 3 is 2.24 bits per heavy atom. The van der Waals surface area contributed by atoms with Crippen molar-refractivity contribution in [3.8, 4) is 11.1 Å². The molecule has 0 bridgehead atoms. The number of carbonyl (C=O) groups excluding carboxylic acids is 2. The van der Waals surface area contributed by atoms with Crippen molar-refractivity contribution in [3.05, 3.63) is 72.3 Å². The second-order valence-corrected chi connectivity index (χ2v) is 11.1. The van der Waals surface area contributed by atoms with Crippen molar-refractivity contribution in [2.24, 2.45) is 0 Å². The van der Waals surface area contributed by atoms with Crippen molar-refractivity contribution in [2.75, 3.05) is 6.61 Å². The number of rotatable bonds is 12. The number of unbranched alkanes of at least 4 members (excludes halogenated alkanes) is 4. The Morgan fingerprint density at radius 1 is 1.00 bits per heavy atom. The van der Waals surface area contributed by atoms with Crippen LogP contribution in [0.25, 0.3) is 11.1 Å². The van der Waals surface area contributed by atoms with Crippen LogP contribution in [0.4, 0.5) is 4.79 Å². The summed E-state index contributed by atoms with van der Waals surface area (Å²) in [5.41, 5.74) is 3.41. The van der Waals surface area contributed by atoms with Gasteiger partial charge in [-0.05, 0) is 61.3 Å². The number of fused-ring (bicyclic) bond motifs is 3. The van der Waals surface area contributed by atoms with E-state index in [1.165, 1.54) is 11.1 Å². The van der Waals surface area contributed by atoms with Gasteiger partial charge in [-0.25, -0.2) is 14.8 Å². The summed E-state index contributed by atoms with van der Waals surface area (Å²) in [6, 6.07) is 16.3. The first-order valence-electron chi connectivity index (χ1n) is 14.3. The van der Waals surface area contributed by atoms with Gasteiger partial charge < -0.3 is 10.1 Å². The highest BCUT2D eigenvalue weighted by molar-refractivity contribution is 5.84. The molecule has 38 heavy (non-hydrogen) atoms. The first kappa shape index (κ1) is 28.1. The predicted octanol–water partition coefficient (Wildman–Crippen LogP) is 5.94. The first-order valence-corrected chi connectivity index (χ1v) is 14.3. The molecule has 3 N–H and O–H groups in total. The molecule has 0 heterocycles. The van der Waals surface area contributed by atoms with E-state index >= 15 is 0 Å². The molecule has 2 aliphatic rings. The number of alkyl carbamates (subject to hydrolysis) is 1. The third-order valence-corrected chi connectivity index (χ3v) is 8.28. The fourth-order valence-electron chi connectivity index (χ4n) is 6.06. The minimum absolute atomic E-state index is 0.0535. The van der Waals surface area contributed by atoms with Crippen LogP contribution in [-0.2, 0) is 9.53 Å². The van der Waals surface area contributed by atoms with Crippen LogP contribution in [0.2, 0.25) is 0 Å². The predicted molar refractivity (Wildman–Crippen MR) is 149 cm³/mol. The van der Waals surface area contributed by atoms with Crippen LogP contribution in [-0.4, -0.2) is 35.4 Å². The van der Waals surface area contributed by atoms with E-state index in [1.807, 2.05) is 30.3 Å². The van der Waals surface area contributed by atoms with Gasteiger partial charge in [-0.2, -0.15) is 0 Å². The lowest BCUT2D eigenvalue weighted by Crippen LogP contribution is -3.18. The Morgan fingerprint density at radius 2 is 1.61 bits per heavy atom. The normalized spacial score (nSPS) is 17.6. The fourth-order valence-corrected chi connectivity index (χ4v) is 6.06. The SMILES string of the molecule is C=CCCCCCC[C@@](C)(NC(=O)OCC1c2ccccc2-c2ccccc21)C(=O)[NH+](O)C1CCCCC1. The van der Waals surface area contributed by atoms with Crippen molar-refractivity contribution in [3.63, 3.8) is 0 Å². The summed E-state index contributed by atoms with van der Waals surface area (Å²) in [5.74, 6) is -0.425. The fraction of sp³-hybridized carbons (Fsp3) is 0.500. The molecule has 4 rings (SSSR count). The van der Waals surface area contributed by atoms with Gasteiger partial charge in [0.1, 0.15) is 12.6 Å². The number of hydrogen-bond acceptors (Lipinski definition) is 4. The molecule has 0 aliphatic heterocycles. The largest absolute Gasteiger partial charge is 0.449 e. The zero-order chi connectivity index (χ0) is 27.0. The Bertz CT molecular complexity index is 1060. The number of ether oxygens (including phenoxy) is 1. The van der Waals surface area contributed by atoms with Gasteiger partial charge in [0.2, 0.25) is 0 Å². The van der Waals surface area contributed by atoms with Gasteiger partial charge in [0.15, 0.2) is 5.54 Å². The van der Waals surface area contributed by atoms with Gasteiger partial charge in [0.25, 0.3) is 0 Å². The molecule has 1 unspecified atom stereocenters. The highest BCUT2D eigenvalue weighted by Crippen LogP contribution is 2.44. The number of benzene rings is 2. The lowest BCUT2D eigenvalue weighted by molar-refractivity contribution is -1.04. The van der Waals surface area contributed by atoms with Crippen molar-refractivity contribution >= 4 is 12.0 Å². The molecule has 2 amide bonds. The van der Waals surface area contributed by atoms with E-state index in [4.69, 9.17) is 4.74 Å². The molecule has 0 aromatic heterocycles. The Hall–Kier alpha value is -2.96. The molecule has 6 nitrogen and oxygen atoms in total. The summed E-state index contributed by atoms with van der Waals surface area (Å²) in [6.07, 6.45) is 11.4. The van der Waals surface area contributed by atoms with Crippen LogP contribution in [0.1, 0.15) is 94.6 Å². The zero-order valence-corrected chi connectivity index (χ0v) is 22.7. The van der Waals surface area contributed by atoms with E-state index in [2.05, 4.69) is 36.2 Å². The van der Waals surface area contributed by atoms with Crippen LogP contribution in [0.15, 0.2) is 61.2 Å². The highest BCUT2D eigenvalue weighted by Gasteiger charge is 2.45. The number of carbonyl (C=O) groups is 2. The number of amides is 2. The first-order chi connectivity index (χ1) is 18.4. The average Bonchev–Trinajstić information content (AvgIpc) is 3.27. The smallest absolute Gasteiger partial charge is 0.408 e.